The molecule has 0 saturated carbocycles. The van der Waals surface area contributed by atoms with Crippen molar-refractivity contribution in [3.63, 3.8) is 0 Å². The van der Waals surface area contributed by atoms with Crippen molar-refractivity contribution in [2.24, 2.45) is 11.8 Å². The van der Waals surface area contributed by atoms with E-state index in [1.807, 2.05) is 6.92 Å². The molecular weight excluding hydrogens is 408 g/mol. The Kier molecular flexibility index (Phi) is 13.7. The highest BCUT2D eigenvalue weighted by Crippen LogP contribution is 2.14. The maximum absolute atomic E-state index is 12.6. The molecule has 0 rings (SSSR count). The van der Waals surface area contributed by atoms with E-state index in [1.165, 1.54) is 13.8 Å². The maximum atomic E-state index is 12.6. The number of ketones is 2. The molecule has 0 bridgehead atoms. The fourth-order valence-electron chi connectivity index (χ4n) is 2.91. The summed E-state index contributed by atoms with van der Waals surface area (Å²) < 4.78 is 0. The molecule has 0 saturated heterocycles. The number of unbranched alkanes of at least 4 members (excludes halogenated alkanes) is 1. The van der Waals surface area contributed by atoms with Gasteiger partial charge in [-0.2, -0.15) is 0 Å². The van der Waals surface area contributed by atoms with Crippen molar-refractivity contribution >= 4 is 35.3 Å². The van der Waals surface area contributed by atoms with Gasteiger partial charge in [0.05, 0.1) is 0 Å². The second-order valence-corrected chi connectivity index (χ2v) is 7.83. The molecule has 0 aliphatic rings. The summed E-state index contributed by atoms with van der Waals surface area (Å²) in [4.78, 5) is 69.4. The van der Waals surface area contributed by atoms with Crippen LogP contribution in [0.25, 0.3) is 0 Å². The third-order valence-corrected chi connectivity index (χ3v) is 4.95. The molecular formula is C21H36N2O8. The number of hydrogen-bond acceptors (Lipinski definition) is 6. The van der Waals surface area contributed by atoms with Crippen molar-refractivity contribution in [3.05, 3.63) is 0 Å². The largest absolute Gasteiger partial charge is 0.481 e. The Hall–Kier alpha value is -2.78. The highest BCUT2D eigenvalue weighted by Gasteiger charge is 2.27. The smallest absolute Gasteiger partial charge is 0.303 e. The molecule has 0 fully saturated rings. The molecule has 0 unspecified atom stereocenters. The molecule has 3 atom stereocenters. The van der Waals surface area contributed by atoms with Gasteiger partial charge in [-0.25, -0.2) is 0 Å². The van der Waals surface area contributed by atoms with Crippen LogP contribution in [0.3, 0.4) is 0 Å². The van der Waals surface area contributed by atoms with E-state index in [0.717, 1.165) is 6.42 Å². The number of Topliss-reactive ketones (excluding diaryl/α,β-unsaturated/α-hetero) is 2. The number of carboxylic acid groups (broad SMARTS) is 2. The molecule has 31 heavy (non-hydrogen) atoms. The fraction of sp³-hybridized carbons (Fsp3) is 0.714. The van der Waals surface area contributed by atoms with Crippen LogP contribution in [0, 0.1) is 11.8 Å². The molecule has 10 heteroatoms. The molecule has 178 valence electrons. The summed E-state index contributed by atoms with van der Waals surface area (Å²) >= 11 is 0. The van der Waals surface area contributed by atoms with Gasteiger partial charge in [0.15, 0.2) is 0 Å². The van der Waals surface area contributed by atoms with Crippen LogP contribution in [0.5, 0.6) is 0 Å². The Bertz CT molecular complexity index is 668. The predicted octanol–water partition coefficient (Wildman–Crippen LogP) is 1.55. The highest BCUT2D eigenvalue weighted by atomic mass is 16.4. The SMILES string of the molecule is CC(=O)C[C@@H](CCC(=O)O)C(=O)N[C@@H](CCC(=O)O)C(=O)NCCCC[C@H](C)C(C)=O.[HH]. The third-order valence-electron chi connectivity index (χ3n) is 4.95. The lowest BCUT2D eigenvalue weighted by atomic mass is 9.95. The Morgan fingerprint density at radius 1 is 0.839 bits per heavy atom. The summed E-state index contributed by atoms with van der Waals surface area (Å²) in [5.41, 5.74) is 0. The van der Waals surface area contributed by atoms with Crippen LogP contribution in [0.2, 0.25) is 0 Å². The average Bonchev–Trinajstić information content (AvgIpc) is 2.66. The first-order chi connectivity index (χ1) is 14.4. The summed E-state index contributed by atoms with van der Waals surface area (Å²) in [6.45, 7) is 4.94. The van der Waals surface area contributed by atoms with Gasteiger partial charge < -0.3 is 25.6 Å². The first-order valence-corrected chi connectivity index (χ1v) is 10.5. The Morgan fingerprint density at radius 3 is 1.94 bits per heavy atom. The molecule has 0 aromatic rings. The number of carbonyl (C=O) groups excluding carboxylic acids is 4. The van der Waals surface area contributed by atoms with Crippen LogP contribution >= 0.6 is 0 Å². The van der Waals surface area contributed by atoms with E-state index in [4.69, 9.17) is 10.2 Å². The van der Waals surface area contributed by atoms with E-state index in [0.29, 0.717) is 19.4 Å². The third kappa shape index (κ3) is 14.0. The Balaban J connectivity index is 0. The van der Waals surface area contributed by atoms with Crippen molar-refractivity contribution < 1.29 is 40.4 Å². The van der Waals surface area contributed by atoms with Gasteiger partial charge in [0.2, 0.25) is 11.8 Å². The van der Waals surface area contributed by atoms with E-state index >= 15 is 0 Å². The van der Waals surface area contributed by atoms with E-state index < -0.39 is 35.7 Å². The van der Waals surface area contributed by atoms with Crippen LogP contribution in [0.15, 0.2) is 0 Å². The topological polar surface area (TPSA) is 167 Å². The lowest BCUT2D eigenvalue weighted by molar-refractivity contribution is -0.140. The Labute approximate surface area is 183 Å². The average molecular weight is 445 g/mol. The number of nitrogens with one attached hydrogen (secondary N) is 2. The normalized spacial score (nSPS) is 13.5. The van der Waals surface area contributed by atoms with Gasteiger partial charge in [-0.1, -0.05) is 13.3 Å². The lowest BCUT2D eigenvalue weighted by Gasteiger charge is -2.21. The van der Waals surface area contributed by atoms with Gasteiger partial charge in [-0.05, 0) is 39.5 Å². The number of hydrogen-bond donors (Lipinski definition) is 4. The summed E-state index contributed by atoms with van der Waals surface area (Å²) in [5.74, 6) is -4.60. The second kappa shape index (κ2) is 15.1. The van der Waals surface area contributed by atoms with Crippen molar-refractivity contribution in [3.8, 4) is 0 Å². The van der Waals surface area contributed by atoms with E-state index in [2.05, 4.69) is 10.6 Å². The van der Waals surface area contributed by atoms with Crippen LogP contribution in [0.4, 0.5) is 0 Å². The maximum Gasteiger partial charge on any atom is 0.303 e. The minimum Gasteiger partial charge on any atom is -0.481 e. The van der Waals surface area contributed by atoms with E-state index in [9.17, 15) is 28.8 Å². The molecule has 10 nitrogen and oxygen atoms in total. The van der Waals surface area contributed by atoms with Crippen LogP contribution in [-0.4, -0.2) is 58.1 Å². The zero-order valence-electron chi connectivity index (χ0n) is 18.4. The standard InChI is InChI=1S/C21H34N2O8.H2/c1-13(15(3)25)6-4-5-11-22-21(31)17(8-10-19(28)29)23-20(30)16(12-14(2)24)7-9-18(26)27;/h13,16-17H,4-12H2,1-3H3,(H,22,31)(H,23,30)(H,26,27)(H,28,29);1H/t13-,16+,17-;/m0./s1. The van der Waals surface area contributed by atoms with Crippen LogP contribution in [-0.2, 0) is 28.8 Å². The number of carbonyl (C=O) groups is 6. The summed E-state index contributed by atoms with van der Waals surface area (Å²) in [7, 11) is 0. The zero-order valence-corrected chi connectivity index (χ0v) is 18.4. The summed E-state index contributed by atoms with van der Waals surface area (Å²) in [6.07, 6.45) is 1.01. The highest BCUT2D eigenvalue weighted by molar-refractivity contribution is 5.91. The molecule has 0 aliphatic carbocycles. The molecule has 0 aromatic carbocycles. The molecule has 0 spiro atoms. The van der Waals surface area contributed by atoms with Crippen molar-refractivity contribution in [1.29, 1.82) is 0 Å². The van der Waals surface area contributed by atoms with Gasteiger partial charge in [0, 0.05) is 39.1 Å². The minimum absolute atomic E-state index is 0. The van der Waals surface area contributed by atoms with E-state index in [-0.39, 0.29) is 51.0 Å². The molecule has 0 aromatic heterocycles. The number of carboxylic acids is 2. The van der Waals surface area contributed by atoms with Gasteiger partial charge in [-0.3, -0.25) is 24.0 Å². The number of rotatable bonds is 17. The van der Waals surface area contributed by atoms with Gasteiger partial charge >= 0.3 is 11.9 Å². The molecule has 0 heterocycles. The molecule has 2 amide bonds. The number of aliphatic carboxylic acids is 2. The second-order valence-electron chi connectivity index (χ2n) is 7.83. The summed E-state index contributed by atoms with van der Waals surface area (Å²) in [6, 6.07) is -1.11. The Morgan fingerprint density at radius 2 is 1.42 bits per heavy atom. The molecule has 4 N–H and O–H groups in total. The minimum atomic E-state index is -1.13. The predicted molar refractivity (Wildman–Crippen MR) is 113 cm³/mol. The zero-order chi connectivity index (χ0) is 24.0. The summed E-state index contributed by atoms with van der Waals surface area (Å²) in [5, 5.41) is 22.9. The monoisotopic (exact) mass is 444 g/mol. The van der Waals surface area contributed by atoms with Crippen molar-refractivity contribution in [2.75, 3.05) is 6.54 Å². The molecule has 0 radical (unpaired) electrons. The molecule has 0 aliphatic heterocycles. The fourth-order valence-corrected chi connectivity index (χ4v) is 2.91. The quantitative estimate of drug-likeness (QED) is 0.245. The first kappa shape index (κ1) is 28.2. The van der Waals surface area contributed by atoms with Crippen molar-refractivity contribution in [1.82, 2.24) is 10.6 Å². The number of amides is 2. The first-order valence-electron chi connectivity index (χ1n) is 10.5. The van der Waals surface area contributed by atoms with Crippen molar-refractivity contribution in [2.45, 2.75) is 78.2 Å². The van der Waals surface area contributed by atoms with Gasteiger partial charge in [-0.15, -0.1) is 0 Å². The van der Waals surface area contributed by atoms with Crippen LogP contribution < -0.4 is 10.6 Å². The lowest BCUT2D eigenvalue weighted by Crippen LogP contribution is -2.49. The van der Waals surface area contributed by atoms with E-state index in [1.54, 1.807) is 0 Å². The van der Waals surface area contributed by atoms with Gasteiger partial charge in [0.25, 0.3) is 0 Å². The van der Waals surface area contributed by atoms with Gasteiger partial charge in [0.1, 0.15) is 17.6 Å². The van der Waals surface area contributed by atoms with Crippen LogP contribution in [0.1, 0.15) is 73.6 Å².